The van der Waals surface area contributed by atoms with E-state index in [1.165, 1.54) is 5.56 Å². The van der Waals surface area contributed by atoms with Crippen molar-refractivity contribution in [2.45, 2.75) is 52.1 Å². The molecule has 1 aliphatic rings. The van der Waals surface area contributed by atoms with Crippen molar-refractivity contribution in [2.24, 2.45) is 0 Å². The maximum absolute atomic E-state index is 12.4. The Labute approximate surface area is 173 Å². The first-order chi connectivity index (χ1) is 13.7. The molecule has 0 saturated carbocycles. The molecule has 0 aromatic heterocycles. The SMILES string of the molecule is CC(C)(C)OC(=O)NCCC(=O)N1CCN(C(=O)CCCc2ccccc2)CC1. The van der Waals surface area contributed by atoms with Gasteiger partial charge in [0.05, 0.1) is 0 Å². The van der Waals surface area contributed by atoms with E-state index in [1.807, 2.05) is 23.1 Å². The predicted molar refractivity (Wildman–Crippen MR) is 111 cm³/mol. The number of carbonyl (C=O) groups excluding carboxylic acids is 3. The van der Waals surface area contributed by atoms with E-state index in [1.54, 1.807) is 25.7 Å². The second-order valence-corrected chi connectivity index (χ2v) is 8.28. The molecule has 7 heteroatoms. The van der Waals surface area contributed by atoms with E-state index in [0.717, 1.165) is 12.8 Å². The Kier molecular flexibility index (Phi) is 8.49. The maximum Gasteiger partial charge on any atom is 0.407 e. The molecule has 0 spiro atoms. The summed E-state index contributed by atoms with van der Waals surface area (Å²) in [7, 11) is 0. The lowest BCUT2D eigenvalue weighted by molar-refractivity contribution is -0.139. The minimum Gasteiger partial charge on any atom is -0.444 e. The average molecular weight is 404 g/mol. The minimum atomic E-state index is -0.557. The number of rotatable bonds is 7. The molecule has 2 rings (SSSR count). The maximum atomic E-state index is 12.4. The van der Waals surface area contributed by atoms with Crippen molar-refractivity contribution < 1.29 is 19.1 Å². The third kappa shape index (κ3) is 8.54. The molecule has 0 bridgehead atoms. The Bertz CT molecular complexity index is 677. The molecule has 160 valence electrons. The number of piperazine rings is 1. The summed E-state index contributed by atoms with van der Waals surface area (Å²) in [5.74, 6) is 0.136. The Hall–Kier alpha value is -2.57. The minimum absolute atomic E-state index is 0.0164. The first-order valence-electron chi connectivity index (χ1n) is 10.3. The monoisotopic (exact) mass is 403 g/mol. The topological polar surface area (TPSA) is 79.0 Å². The van der Waals surface area contributed by atoms with Crippen molar-refractivity contribution in [3.63, 3.8) is 0 Å². The zero-order chi connectivity index (χ0) is 21.3. The van der Waals surface area contributed by atoms with Crippen molar-refractivity contribution in [3.05, 3.63) is 35.9 Å². The molecule has 0 atom stereocenters. The van der Waals surface area contributed by atoms with Gasteiger partial charge in [-0.25, -0.2) is 4.79 Å². The third-order valence-electron chi connectivity index (χ3n) is 4.69. The van der Waals surface area contributed by atoms with Gasteiger partial charge >= 0.3 is 6.09 Å². The molecule has 1 N–H and O–H groups in total. The van der Waals surface area contributed by atoms with E-state index in [9.17, 15) is 14.4 Å². The van der Waals surface area contributed by atoms with Crippen molar-refractivity contribution in [3.8, 4) is 0 Å². The summed E-state index contributed by atoms with van der Waals surface area (Å²) in [6.45, 7) is 7.82. The number of nitrogens with zero attached hydrogens (tertiary/aromatic N) is 2. The van der Waals surface area contributed by atoms with Gasteiger partial charge in [0.1, 0.15) is 5.60 Å². The van der Waals surface area contributed by atoms with E-state index in [-0.39, 0.29) is 24.8 Å². The average Bonchev–Trinajstić information content (AvgIpc) is 2.67. The van der Waals surface area contributed by atoms with E-state index in [0.29, 0.717) is 32.6 Å². The Morgan fingerprint density at radius 2 is 1.48 bits per heavy atom. The van der Waals surface area contributed by atoms with Crippen molar-refractivity contribution in [1.29, 1.82) is 0 Å². The van der Waals surface area contributed by atoms with Crippen LogP contribution in [-0.2, 0) is 20.7 Å². The number of hydrogen-bond acceptors (Lipinski definition) is 4. The van der Waals surface area contributed by atoms with Gasteiger partial charge < -0.3 is 19.9 Å². The molecule has 1 aliphatic heterocycles. The lowest BCUT2D eigenvalue weighted by atomic mass is 10.1. The van der Waals surface area contributed by atoms with Gasteiger partial charge in [-0.15, -0.1) is 0 Å². The number of aryl methyl sites for hydroxylation is 1. The second-order valence-electron chi connectivity index (χ2n) is 8.28. The van der Waals surface area contributed by atoms with Crippen LogP contribution < -0.4 is 5.32 Å². The van der Waals surface area contributed by atoms with E-state index < -0.39 is 11.7 Å². The van der Waals surface area contributed by atoms with Crippen LogP contribution in [0.4, 0.5) is 4.79 Å². The Morgan fingerprint density at radius 1 is 0.931 bits per heavy atom. The molecule has 1 heterocycles. The molecule has 7 nitrogen and oxygen atoms in total. The van der Waals surface area contributed by atoms with Crippen LogP contribution in [0.25, 0.3) is 0 Å². The van der Waals surface area contributed by atoms with Crippen LogP contribution in [0, 0.1) is 0 Å². The molecular weight excluding hydrogens is 370 g/mol. The van der Waals surface area contributed by atoms with Crippen LogP contribution in [0.15, 0.2) is 30.3 Å². The van der Waals surface area contributed by atoms with Gasteiger partial charge in [0, 0.05) is 45.6 Å². The number of benzene rings is 1. The fourth-order valence-electron chi connectivity index (χ4n) is 3.20. The molecule has 1 saturated heterocycles. The van der Waals surface area contributed by atoms with Crippen molar-refractivity contribution >= 4 is 17.9 Å². The summed E-state index contributed by atoms with van der Waals surface area (Å²) < 4.78 is 5.15. The van der Waals surface area contributed by atoms with Crippen LogP contribution in [0.5, 0.6) is 0 Å². The van der Waals surface area contributed by atoms with Gasteiger partial charge in [-0.3, -0.25) is 9.59 Å². The van der Waals surface area contributed by atoms with Crippen LogP contribution >= 0.6 is 0 Å². The van der Waals surface area contributed by atoms with Gasteiger partial charge in [-0.2, -0.15) is 0 Å². The van der Waals surface area contributed by atoms with Gasteiger partial charge in [0.25, 0.3) is 0 Å². The standard InChI is InChI=1S/C22H33N3O4/c1-22(2,3)29-21(28)23-13-12-20(27)25-16-14-24(15-17-25)19(26)11-7-10-18-8-5-4-6-9-18/h4-6,8-9H,7,10-17H2,1-3H3,(H,23,28). The zero-order valence-electron chi connectivity index (χ0n) is 17.8. The number of carbonyl (C=O) groups is 3. The fourth-order valence-corrected chi connectivity index (χ4v) is 3.20. The zero-order valence-corrected chi connectivity index (χ0v) is 17.8. The second kappa shape index (κ2) is 10.8. The molecule has 29 heavy (non-hydrogen) atoms. The third-order valence-corrected chi connectivity index (χ3v) is 4.69. The number of alkyl carbamates (subject to hydrolysis) is 1. The highest BCUT2D eigenvalue weighted by Gasteiger charge is 2.24. The molecular formula is C22H33N3O4. The smallest absolute Gasteiger partial charge is 0.407 e. The summed E-state index contributed by atoms with van der Waals surface area (Å²) in [5.41, 5.74) is 0.689. The Balaban J connectivity index is 1.61. The number of ether oxygens (including phenoxy) is 1. The molecule has 0 aliphatic carbocycles. The summed E-state index contributed by atoms with van der Waals surface area (Å²) in [6, 6.07) is 10.2. The highest BCUT2D eigenvalue weighted by Crippen LogP contribution is 2.10. The fraction of sp³-hybridized carbons (Fsp3) is 0.591. The summed E-state index contributed by atoms with van der Waals surface area (Å²) in [5, 5.41) is 2.60. The van der Waals surface area contributed by atoms with Crippen LogP contribution in [0.2, 0.25) is 0 Å². The largest absolute Gasteiger partial charge is 0.444 e. The van der Waals surface area contributed by atoms with Crippen LogP contribution in [0.3, 0.4) is 0 Å². The number of nitrogens with one attached hydrogen (secondary N) is 1. The number of hydrogen-bond donors (Lipinski definition) is 1. The van der Waals surface area contributed by atoms with Gasteiger partial charge in [0.15, 0.2) is 0 Å². The van der Waals surface area contributed by atoms with Gasteiger partial charge in [0.2, 0.25) is 11.8 Å². The van der Waals surface area contributed by atoms with Gasteiger partial charge in [-0.1, -0.05) is 30.3 Å². The summed E-state index contributed by atoms with van der Waals surface area (Å²) in [6.07, 6.45) is 1.97. The highest BCUT2D eigenvalue weighted by molar-refractivity contribution is 5.79. The molecule has 1 fully saturated rings. The van der Waals surface area contributed by atoms with Crippen molar-refractivity contribution in [1.82, 2.24) is 15.1 Å². The lowest BCUT2D eigenvalue weighted by Gasteiger charge is -2.35. The molecule has 0 unspecified atom stereocenters. The van der Waals surface area contributed by atoms with E-state index >= 15 is 0 Å². The Morgan fingerprint density at radius 3 is 2.03 bits per heavy atom. The molecule has 3 amide bonds. The van der Waals surface area contributed by atoms with E-state index in [4.69, 9.17) is 4.74 Å². The summed E-state index contributed by atoms with van der Waals surface area (Å²) >= 11 is 0. The molecule has 1 aromatic carbocycles. The lowest BCUT2D eigenvalue weighted by Crippen LogP contribution is -2.51. The normalized spacial score (nSPS) is 14.4. The van der Waals surface area contributed by atoms with Crippen molar-refractivity contribution in [2.75, 3.05) is 32.7 Å². The summed E-state index contributed by atoms with van der Waals surface area (Å²) in [4.78, 5) is 39.9. The first-order valence-corrected chi connectivity index (χ1v) is 10.3. The molecule has 0 radical (unpaired) electrons. The highest BCUT2D eigenvalue weighted by atomic mass is 16.6. The van der Waals surface area contributed by atoms with Gasteiger partial charge in [-0.05, 0) is 39.2 Å². The quantitative estimate of drug-likeness (QED) is 0.759. The van der Waals surface area contributed by atoms with Crippen LogP contribution in [0.1, 0.15) is 45.6 Å². The van der Waals surface area contributed by atoms with Crippen LogP contribution in [-0.4, -0.2) is 66.0 Å². The molecule has 1 aromatic rings. The first kappa shape index (κ1) is 22.7. The predicted octanol–water partition coefficient (Wildman–Crippen LogP) is 2.59. The number of amides is 3. The van der Waals surface area contributed by atoms with E-state index in [2.05, 4.69) is 17.4 Å².